The number of hydrogen-bond donors (Lipinski definition) is 1. The molecule has 0 radical (unpaired) electrons. The second-order valence-corrected chi connectivity index (χ2v) is 7.36. The first-order chi connectivity index (χ1) is 13.7. The average molecular weight is 421 g/mol. The van der Waals surface area contributed by atoms with Crippen LogP contribution in [-0.4, -0.2) is 39.4 Å². The van der Waals surface area contributed by atoms with Crippen molar-refractivity contribution in [2.24, 2.45) is 0 Å². The Kier molecular flexibility index (Phi) is 5.83. The molecule has 1 amide bonds. The van der Waals surface area contributed by atoms with Crippen molar-refractivity contribution in [1.29, 1.82) is 0 Å². The fourth-order valence-electron chi connectivity index (χ4n) is 2.52. The van der Waals surface area contributed by atoms with Gasteiger partial charge in [-0.2, -0.15) is 13.2 Å². The van der Waals surface area contributed by atoms with E-state index in [1.165, 1.54) is 11.3 Å². The van der Waals surface area contributed by atoms with Gasteiger partial charge in [0.2, 0.25) is 5.95 Å². The fraction of sp³-hybridized carbons (Fsp3) is 0.263. The predicted molar refractivity (Wildman–Crippen MR) is 105 cm³/mol. The summed E-state index contributed by atoms with van der Waals surface area (Å²) in [7, 11) is 1.70. The van der Waals surface area contributed by atoms with Crippen LogP contribution in [0.2, 0.25) is 0 Å². The van der Waals surface area contributed by atoms with E-state index in [1.807, 2.05) is 19.9 Å². The Balaban J connectivity index is 1.88. The Morgan fingerprint density at radius 3 is 2.69 bits per heavy atom. The molecule has 0 unspecified atom stereocenters. The first-order valence-electron chi connectivity index (χ1n) is 8.68. The van der Waals surface area contributed by atoms with Gasteiger partial charge in [0.15, 0.2) is 5.01 Å². The molecule has 0 saturated heterocycles. The molecule has 2 heterocycles. The third-order valence-electron chi connectivity index (χ3n) is 4.07. The number of thiazole rings is 1. The molecule has 152 valence electrons. The Morgan fingerprint density at radius 2 is 2.00 bits per heavy atom. The minimum Gasteiger partial charge on any atom is -0.340 e. The van der Waals surface area contributed by atoms with Gasteiger partial charge in [0.1, 0.15) is 5.69 Å². The number of halogens is 3. The van der Waals surface area contributed by atoms with Crippen LogP contribution in [0.3, 0.4) is 0 Å². The second-order valence-electron chi connectivity index (χ2n) is 6.32. The number of benzene rings is 1. The number of anilines is 2. The van der Waals surface area contributed by atoms with Crippen LogP contribution < -0.4 is 5.32 Å². The van der Waals surface area contributed by atoms with Gasteiger partial charge in [-0.05, 0) is 43.2 Å². The van der Waals surface area contributed by atoms with E-state index >= 15 is 0 Å². The number of carbonyl (C=O) groups is 1. The van der Waals surface area contributed by atoms with Crippen LogP contribution in [0.15, 0.2) is 36.7 Å². The highest BCUT2D eigenvalue weighted by molar-refractivity contribution is 7.16. The number of nitrogens with zero attached hydrogens (tertiary/aromatic N) is 4. The maximum absolute atomic E-state index is 12.9. The molecular weight excluding hydrogens is 403 g/mol. The van der Waals surface area contributed by atoms with E-state index in [9.17, 15) is 18.0 Å². The van der Waals surface area contributed by atoms with Gasteiger partial charge in [-0.15, -0.1) is 11.3 Å². The predicted octanol–water partition coefficient (Wildman–Crippen LogP) is 4.76. The van der Waals surface area contributed by atoms with Crippen LogP contribution in [0.25, 0.3) is 10.4 Å². The minimum absolute atomic E-state index is 0.152. The molecule has 29 heavy (non-hydrogen) atoms. The highest BCUT2D eigenvalue weighted by Crippen LogP contribution is 2.31. The zero-order valence-electron chi connectivity index (χ0n) is 15.9. The molecule has 1 aromatic carbocycles. The Morgan fingerprint density at radius 1 is 1.24 bits per heavy atom. The first kappa shape index (κ1) is 20.7. The molecule has 3 aromatic rings. The molecule has 0 aliphatic heterocycles. The summed E-state index contributed by atoms with van der Waals surface area (Å²) < 4.78 is 38.6. The number of aryl methyl sites for hydroxylation is 1. The maximum atomic E-state index is 12.9. The van der Waals surface area contributed by atoms with Crippen LogP contribution in [0.4, 0.5) is 24.8 Å². The first-order valence-corrected chi connectivity index (χ1v) is 9.49. The van der Waals surface area contributed by atoms with E-state index < -0.39 is 11.9 Å². The number of alkyl halides is 3. The van der Waals surface area contributed by atoms with E-state index in [2.05, 4.69) is 20.3 Å². The van der Waals surface area contributed by atoms with E-state index in [4.69, 9.17) is 0 Å². The van der Waals surface area contributed by atoms with Crippen molar-refractivity contribution >= 4 is 28.9 Å². The molecule has 10 heteroatoms. The van der Waals surface area contributed by atoms with Crippen LogP contribution in [0, 0.1) is 6.92 Å². The quantitative estimate of drug-likeness (QED) is 0.643. The summed E-state index contributed by atoms with van der Waals surface area (Å²) in [6.45, 7) is 4.31. The smallest absolute Gasteiger partial charge is 0.340 e. The average Bonchev–Trinajstić information content (AvgIpc) is 3.16. The van der Waals surface area contributed by atoms with Crippen LogP contribution in [-0.2, 0) is 6.18 Å². The largest absolute Gasteiger partial charge is 0.433 e. The maximum Gasteiger partial charge on any atom is 0.433 e. The topological polar surface area (TPSA) is 71.0 Å². The van der Waals surface area contributed by atoms with Crippen molar-refractivity contribution < 1.29 is 18.0 Å². The zero-order valence-corrected chi connectivity index (χ0v) is 16.7. The number of aromatic nitrogens is 3. The van der Waals surface area contributed by atoms with Gasteiger partial charge in [0.05, 0.1) is 4.88 Å². The summed E-state index contributed by atoms with van der Waals surface area (Å²) in [5.41, 5.74) is 1.18. The molecule has 2 aromatic heterocycles. The van der Waals surface area contributed by atoms with Crippen LogP contribution in [0.5, 0.6) is 0 Å². The van der Waals surface area contributed by atoms with E-state index in [1.54, 1.807) is 30.3 Å². The number of amides is 1. The lowest BCUT2D eigenvalue weighted by molar-refractivity contribution is -0.141. The van der Waals surface area contributed by atoms with Crippen molar-refractivity contribution in [3.63, 3.8) is 0 Å². The summed E-state index contributed by atoms with van der Waals surface area (Å²) in [6, 6.07) is 6.24. The number of carbonyl (C=O) groups excluding carboxylic acids is 1. The van der Waals surface area contributed by atoms with Gasteiger partial charge in [0, 0.05) is 31.7 Å². The van der Waals surface area contributed by atoms with Crippen molar-refractivity contribution in [1.82, 2.24) is 19.9 Å². The standard InChI is InChI=1S/C19H18F3N5OS/c1-4-27(3)17(28)16-24-10-14(29-16)12-7-11(2)8-13(9-12)25-18-23-6-5-15(26-18)19(20,21)22/h5-10H,4H2,1-3H3,(H,23,25,26). The molecule has 6 nitrogen and oxygen atoms in total. The normalized spacial score (nSPS) is 11.4. The molecular formula is C19H18F3N5OS. The summed E-state index contributed by atoms with van der Waals surface area (Å²) in [5.74, 6) is -0.312. The highest BCUT2D eigenvalue weighted by atomic mass is 32.1. The van der Waals surface area contributed by atoms with Gasteiger partial charge in [0.25, 0.3) is 5.91 Å². The molecule has 0 aliphatic rings. The van der Waals surface area contributed by atoms with Crippen LogP contribution in [0.1, 0.15) is 28.0 Å². The second kappa shape index (κ2) is 8.16. The van der Waals surface area contributed by atoms with Crippen molar-refractivity contribution in [3.8, 4) is 10.4 Å². The lowest BCUT2D eigenvalue weighted by Gasteiger charge is -2.11. The minimum atomic E-state index is -4.55. The Hall–Kier alpha value is -3.01. The van der Waals surface area contributed by atoms with Gasteiger partial charge < -0.3 is 10.2 Å². The Labute approximate surface area is 169 Å². The summed E-state index contributed by atoms with van der Waals surface area (Å²) in [6.07, 6.45) is -1.88. The summed E-state index contributed by atoms with van der Waals surface area (Å²) >= 11 is 1.26. The monoisotopic (exact) mass is 421 g/mol. The van der Waals surface area contributed by atoms with Crippen LogP contribution >= 0.6 is 11.3 Å². The molecule has 0 saturated carbocycles. The molecule has 0 aliphatic carbocycles. The number of hydrogen-bond acceptors (Lipinski definition) is 6. The summed E-state index contributed by atoms with van der Waals surface area (Å²) in [5, 5.41) is 3.19. The van der Waals surface area contributed by atoms with E-state index in [0.717, 1.165) is 28.3 Å². The van der Waals surface area contributed by atoms with Gasteiger partial charge >= 0.3 is 6.18 Å². The fourth-order valence-corrected chi connectivity index (χ4v) is 3.41. The zero-order chi connectivity index (χ0) is 21.2. The SMILES string of the molecule is CCN(C)C(=O)c1ncc(-c2cc(C)cc(Nc3nccc(C(F)(F)F)n3)c2)s1. The lowest BCUT2D eigenvalue weighted by atomic mass is 10.1. The third kappa shape index (κ3) is 4.89. The Bertz CT molecular complexity index is 1030. The van der Waals surface area contributed by atoms with Crippen molar-refractivity contribution in [2.75, 3.05) is 18.9 Å². The molecule has 0 atom stereocenters. The van der Waals surface area contributed by atoms with Gasteiger partial charge in [-0.1, -0.05) is 6.07 Å². The molecule has 0 spiro atoms. The number of nitrogens with one attached hydrogen (secondary N) is 1. The molecule has 0 bridgehead atoms. The molecule has 1 N–H and O–H groups in total. The van der Waals surface area contributed by atoms with Crippen molar-refractivity contribution in [3.05, 3.63) is 52.9 Å². The molecule has 3 rings (SSSR count). The summed E-state index contributed by atoms with van der Waals surface area (Å²) in [4.78, 5) is 26.2. The van der Waals surface area contributed by atoms with E-state index in [-0.39, 0.29) is 11.9 Å². The number of rotatable bonds is 5. The van der Waals surface area contributed by atoms with Gasteiger partial charge in [-0.25, -0.2) is 15.0 Å². The lowest BCUT2D eigenvalue weighted by Crippen LogP contribution is -2.25. The van der Waals surface area contributed by atoms with E-state index in [0.29, 0.717) is 17.2 Å². The van der Waals surface area contributed by atoms with Gasteiger partial charge in [-0.3, -0.25) is 4.79 Å². The van der Waals surface area contributed by atoms with Crippen molar-refractivity contribution in [2.45, 2.75) is 20.0 Å². The molecule has 0 fully saturated rings. The highest BCUT2D eigenvalue weighted by Gasteiger charge is 2.32. The third-order valence-corrected chi connectivity index (χ3v) is 5.11.